The van der Waals surface area contributed by atoms with Gasteiger partial charge in [-0.15, -0.1) is 0 Å². The van der Waals surface area contributed by atoms with E-state index in [4.69, 9.17) is 5.21 Å². The minimum atomic E-state index is -5.28. The fourth-order valence-corrected chi connectivity index (χ4v) is 2.50. The number of nitro groups is 2. The van der Waals surface area contributed by atoms with E-state index in [0.717, 1.165) is 24.3 Å². The molecule has 0 amide bonds. The number of nitro benzene ring substituents is 2. The summed E-state index contributed by atoms with van der Waals surface area (Å²) in [6.45, 7) is 0. The van der Waals surface area contributed by atoms with Crippen LogP contribution in [0.3, 0.4) is 0 Å². The fourth-order valence-electron chi connectivity index (χ4n) is 2.50. The van der Waals surface area contributed by atoms with E-state index >= 15 is 0 Å². The van der Waals surface area contributed by atoms with Crippen molar-refractivity contribution in [3.05, 3.63) is 73.3 Å². The van der Waals surface area contributed by atoms with Gasteiger partial charge in [0, 0.05) is 11.6 Å². The van der Waals surface area contributed by atoms with Crippen molar-refractivity contribution in [3.8, 4) is 0 Å². The molecule has 9 nitrogen and oxygen atoms in total. The lowest BCUT2D eigenvalue weighted by atomic mass is 10.1. The first-order valence-electron chi connectivity index (χ1n) is 7.92. The monoisotopic (exact) mass is 452 g/mol. The molecule has 0 aliphatic carbocycles. The summed E-state index contributed by atoms with van der Waals surface area (Å²) in [7, 11) is 0. The van der Waals surface area contributed by atoms with E-state index in [2.05, 4.69) is 5.16 Å². The van der Waals surface area contributed by atoms with Gasteiger partial charge >= 0.3 is 12.4 Å². The summed E-state index contributed by atoms with van der Waals surface area (Å²) in [4.78, 5) is 19.5. The van der Waals surface area contributed by atoms with Crippen molar-refractivity contribution in [2.75, 3.05) is 5.32 Å². The third kappa shape index (κ3) is 5.80. The number of benzene rings is 2. The Hall–Kier alpha value is -3.91. The van der Waals surface area contributed by atoms with Crippen LogP contribution < -0.4 is 5.32 Å². The van der Waals surface area contributed by atoms with Crippen molar-refractivity contribution in [2.24, 2.45) is 5.16 Å². The van der Waals surface area contributed by atoms with Crippen LogP contribution in [0.15, 0.2) is 41.6 Å². The molecule has 2 aromatic rings. The second-order valence-electron chi connectivity index (χ2n) is 5.96. The van der Waals surface area contributed by atoms with Gasteiger partial charge < -0.3 is 10.5 Å². The molecule has 0 saturated heterocycles. The zero-order valence-corrected chi connectivity index (χ0v) is 14.9. The zero-order chi connectivity index (χ0) is 23.6. The Morgan fingerprint density at radius 1 is 1.00 bits per heavy atom. The van der Waals surface area contributed by atoms with Gasteiger partial charge in [-0.25, -0.2) is 0 Å². The minimum Gasteiger partial charge on any atom is -0.409 e. The van der Waals surface area contributed by atoms with Crippen molar-refractivity contribution in [2.45, 2.75) is 18.8 Å². The number of amidine groups is 1. The van der Waals surface area contributed by atoms with Crippen LogP contribution in [0.5, 0.6) is 0 Å². The predicted octanol–water partition coefficient (Wildman–Crippen LogP) is 4.87. The maximum Gasteiger partial charge on any atom is 0.418 e. The Kier molecular flexibility index (Phi) is 6.37. The predicted molar refractivity (Wildman–Crippen MR) is 92.9 cm³/mol. The quantitative estimate of drug-likeness (QED) is 0.166. The molecule has 0 fully saturated rings. The molecule has 0 spiro atoms. The Morgan fingerprint density at radius 3 is 2.00 bits per heavy atom. The number of anilines is 1. The molecule has 2 rings (SSSR count). The van der Waals surface area contributed by atoms with Crippen molar-refractivity contribution in [3.63, 3.8) is 0 Å². The van der Waals surface area contributed by atoms with Crippen LogP contribution in [-0.4, -0.2) is 27.1 Å². The number of nitrogens with zero attached hydrogens (tertiary/aromatic N) is 3. The summed E-state index contributed by atoms with van der Waals surface area (Å²) in [6.07, 6.45) is -11.1. The lowest BCUT2D eigenvalue weighted by Gasteiger charge is -2.15. The van der Waals surface area contributed by atoms with E-state index in [1.165, 1.54) is 0 Å². The van der Waals surface area contributed by atoms with Gasteiger partial charge in [0.15, 0.2) is 5.84 Å². The molecule has 2 aromatic carbocycles. The van der Waals surface area contributed by atoms with Crippen LogP contribution in [-0.2, 0) is 12.6 Å². The fraction of sp³-hybridized carbons (Fsp3) is 0.188. The lowest BCUT2D eigenvalue weighted by molar-refractivity contribution is -0.394. The van der Waals surface area contributed by atoms with Crippen LogP contribution in [0, 0.1) is 20.2 Å². The van der Waals surface area contributed by atoms with E-state index in [1.54, 1.807) is 0 Å². The van der Waals surface area contributed by atoms with Crippen molar-refractivity contribution >= 4 is 22.9 Å². The number of halogens is 6. The Balaban J connectivity index is 2.54. The molecule has 0 aliphatic heterocycles. The van der Waals surface area contributed by atoms with E-state index in [0.29, 0.717) is 0 Å². The molecule has 15 heteroatoms. The second-order valence-corrected chi connectivity index (χ2v) is 5.96. The summed E-state index contributed by atoms with van der Waals surface area (Å²) in [5.41, 5.74) is -6.00. The number of hydrogen-bond donors (Lipinski definition) is 2. The van der Waals surface area contributed by atoms with Crippen LogP contribution >= 0.6 is 0 Å². The molecule has 2 N–H and O–H groups in total. The summed E-state index contributed by atoms with van der Waals surface area (Å²) < 4.78 is 77.5. The molecule has 166 valence electrons. The van der Waals surface area contributed by atoms with Gasteiger partial charge in [-0.1, -0.05) is 29.4 Å². The van der Waals surface area contributed by atoms with Gasteiger partial charge in [0.25, 0.3) is 11.4 Å². The van der Waals surface area contributed by atoms with E-state index < -0.39 is 57.1 Å². The zero-order valence-electron chi connectivity index (χ0n) is 14.9. The average molecular weight is 452 g/mol. The van der Waals surface area contributed by atoms with E-state index in [1.807, 2.05) is 5.32 Å². The summed E-state index contributed by atoms with van der Waals surface area (Å²) in [6, 6.07) is 4.21. The molecule has 31 heavy (non-hydrogen) atoms. The third-order valence-corrected chi connectivity index (χ3v) is 3.79. The molecule has 0 atom stereocenters. The average Bonchev–Trinajstić information content (AvgIpc) is 2.64. The Morgan fingerprint density at radius 2 is 1.58 bits per heavy atom. The normalized spacial score (nSPS) is 12.5. The molecular formula is C16H10F6N4O5. The van der Waals surface area contributed by atoms with Gasteiger partial charge in [0.2, 0.25) is 0 Å². The summed E-state index contributed by atoms with van der Waals surface area (Å²) >= 11 is 0. The van der Waals surface area contributed by atoms with Crippen LogP contribution in [0.2, 0.25) is 0 Å². The SMILES string of the molecule is O=[N+]([O-])c1cc([N+](=O)[O-])c(NC(=NO)c2ccc(CC(F)(F)F)cc2)c(C(F)(F)F)c1. The first-order chi connectivity index (χ1) is 14.2. The van der Waals surface area contributed by atoms with Gasteiger partial charge in [0.1, 0.15) is 5.69 Å². The minimum absolute atomic E-state index is 0.0523. The molecule has 0 aliphatic rings. The number of non-ortho nitro benzene ring substituents is 1. The maximum atomic E-state index is 13.4. The smallest absolute Gasteiger partial charge is 0.409 e. The summed E-state index contributed by atoms with van der Waals surface area (Å²) in [5, 5.41) is 35.8. The molecule has 0 aromatic heterocycles. The molecule has 0 heterocycles. The van der Waals surface area contributed by atoms with Crippen LogP contribution in [0.4, 0.5) is 43.4 Å². The highest BCUT2D eigenvalue weighted by atomic mass is 19.4. The topological polar surface area (TPSA) is 131 Å². The maximum absolute atomic E-state index is 13.4. The van der Waals surface area contributed by atoms with E-state index in [9.17, 15) is 46.6 Å². The number of alkyl halides is 6. The highest BCUT2D eigenvalue weighted by Crippen LogP contribution is 2.42. The Bertz CT molecular complexity index is 1030. The van der Waals surface area contributed by atoms with Crippen molar-refractivity contribution in [1.82, 2.24) is 0 Å². The first-order valence-corrected chi connectivity index (χ1v) is 7.92. The van der Waals surface area contributed by atoms with Crippen LogP contribution in [0.1, 0.15) is 16.7 Å². The lowest BCUT2D eigenvalue weighted by Crippen LogP contribution is -2.19. The molecule has 0 unspecified atom stereocenters. The second kappa shape index (κ2) is 8.45. The first kappa shape index (κ1) is 23.4. The van der Waals surface area contributed by atoms with Crippen molar-refractivity contribution in [1.29, 1.82) is 0 Å². The third-order valence-electron chi connectivity index (χ3n) is 3.79. The molecule has 0 bridgehead atoms. The number of oxime groups is 1. The number of nitrogens with one attached hydrogen (secondary N) is 1. The Labute approximate surface area is 167 Å². The highest BCUT2D eigenvalue weighted by Gasteiger charge is 2.40. The van der Waals surface area contributed by atoms with Gasteiger partial charge in [-0.3, -0.25) is 20.2 Å². The standard InChI is InChI=1S/C16H10F6N4O5/c17-15(18,19)7-8-1-3-9(4-2-8)14(24-27)23-13-11(16(20,21)22)5-10(25(28)29)6-12(13)26(30)31/h1-6,27H,7H2,(H,23,24). The van der Waals surface area contributed by atoms with Gasteiger partial charge in [0.05, 0.1) is 27.9 Å². The molecule has 0 saturated carbocycles. The number of rotatable bonds is 5. The summed E-state index contributed by atoms with van der Waals surface area (Å²) in [5.74, 6) is -0.777. The highest BCUT2D eigenvalue weighted by molar-refractivity contribution is 6.09. The van der Waals surface area contributed by atoms with Gasteiger partial charge in [-0.05, 0) is 5.56 Å². The molecule has 0 radical (unpaired) electrons. The van der Waals surface area contributed by atoms with Gasteiger partial charge in [-0.2, -0.15) is 26.3 Å². The largest absolute Gasteiger partial charge is 0.418 e. The van der Waals surface area contributed by atoms with Crippen molar-refractivity contribution < 1.29 is 41.4 Å². The number of hydrogen-bond acceptors (Lipinski definition) is 6. The van der Waals surface area contributed by atoms with Crippen LogP contribution in [0.25, 0.3) is 0 Å². The molecular weight excluding hydrogens is 442 g/mol. The van der Waals surface area contributed by atoms with E-state index in [-0.39, 0.29) is 23.3 Å².